The maximum atomic E-state index is 10.7. The van der Waals surface area contributed by atoms with Crippen molar-refractivity contribution in [2.45, 2.75) is 134 Å². The topological polar surface area (TPSA) is 216 Å². The van der Waals surface area contributed by atoms with Crippen molar-refractivity contribution in [3.8, 4) is 33.8 Å². The minimum atomic E-state index is -1.56. The van der Waals surface area contributed by atoms with Crippen LogP contribution in [0.1, 0.15) is 106 Å². The summed E-state index contributed by atoms with van der Waals surface area (Å²) in [6.07, 6.45) is 9.81. The third-order valence-corrected chi connectivity index (χ3v) is 13.5. The van der Waals surface area contributed by atoms with Gasteiger partial charge in [-0.25, -0.2) is 9.97 Å². The first-order chi connectivity index (χ1) is 33.7. The summed E-state index contributed by atoms with van der Waals surface area (Å²) in [6, 6.07) is 23.6. The zero-order chi connectivity index (χ0) is 48.0. The van der Waals surface area contributed by atoms with E-state index in [-0.39, 0.29) is 6.61 Å². The van der Waals surface area contributed by atoms with Crippen molar-refractivity contribution in [3.63, 3.8) is 0 Å². The zero-order valence-electron chi connectivity index (χ0n) is 39.3. The Morgan fingerprint density at radius 2 is 1.00 bits per heavy atom. The number of aliphatic hydroxyl groups is 6. The van der Waals surface area contributed by atoms with Crippen LogP contribution in [-0.2, 0) is 22.3 Å². The van der Waals surface area contributed by atoms with Crippen LogP contribution >= 0.6 is 0 Å². The second-order valence-corrected chi connectivity index (χ2v) is 18.4. The monoisotopic (exact) mass is 940 g/mol. The Kier molecular flexibility index (Phi) is 15.4. The van der Waals surface area contributed by atoms with E-state index in [1.165, 1.54) is 0 Å². The van der Waals surface area contributed by atoms with Crippen molar-refractivity contribution in [2.75, 3.05) is 13.2 Å². The van der Waals surface area contributed by atoms with Gasteiger partial charge in [-0.1, -0.05) is 76.6 Å². The number of aromatic nitrogens is 4. The van der Waals surface area contributed by atoms with Crippen LogP contribution in [0.3, 0.4) is 0 Å². The number of unbranched alkanes of at least 4 members (excludes halogenated alkanes) is 6. The number of rotatable bonds is 18. The molecule has 8 atom stereocenters. The fourth-order valence-electron chi connectivity index (χ4n) is 9.69. The van der Waals surface area contributed by atoms with Crippen molar-refractivity contribution in [2.24, 2.45) is 0 Å². The van der Waals surface area contributed by atoms with E-state index in [1.54, 1.807) is 12.1 Å². The molecule has 6 unspecified atom stereocenters. The molecule has 0 saturated carbocycles. The first-order valence-electron chi connectivity index (χ1n) is 24.6. The number of nitrogens with zero attached hydrogens (tertiary/aromatic N) is 2. The lowest BCUT2D eigenvalue weighted by Crippen LogP contribution is -2.60. The van der Waals surface area contributed by atoms with E-state index in [2.05, 4.69) is 72.4 Å². The van der Waals surface area contributed by atoms with Gasteiger partial charge in [-0.3, -0.25) is 0 Å². The molecule has 0 radical (unpaired) electrons. The lowest BCUT2D eigenvalue weighted by molar-refractivity contribution is -0.277. The average Bonchev–Trinajstić information content (AvgIpc) is 4.24. The minimum absolute atomic E-state index is 0.184. The van der Waals surface area contributed by atoms with Crippen molar-refractivity contribution < 1.29 is 49.6 Å². The van der Waals surface area contributed by atoms with Crippen molar-refractivity contribution in [1.29, 1.82) is 0 Å². The number of hydrogen-bond acceptors (Lipinski definition) is 12. The Hall–Kier alpha value is -5.68. The van der Waals surface area contributed by atoms with Gasteiger partial charge in [-0.05, 0) is 110 Å². The van der Waals surface area contributed by atoms with E-state index < -0.39 is 55.8 Å². The highest BCUT2D eigenvalue weighted by Gasteiger charge is 2.44. The van der Waals surface area contributed by atoms with Gasteiger partial charge >= 0.3 is 0 Å². The summed E-state index contributed by atoms with van der Waals surface area (Å²) in [7, 11) is 0. The van der Waals surface area contributed by atoms with Crippen molar-refractivity contribution in [3.05, 3.63) is 107 Å². The van der Waals surface area contributed by atoms with Gasteiger partial charge < -0.3 is 59.6 Å². The summed E-state index contributed by atoms with van der Waals surface area (Å²) in [5.74, 6) is 0.903. The fraction of sp³-hybridized carbons (Fsp3) is 0.418. The van der Waals surface area contributed by atoms with E-state index in [0.717, 1.165) is 142 Å². The predicted molar refractivity (Wildman–Crippen MR) is 267 cm³/mol. The molecule has 5 aromatic rings. The highest BCUT2D eigenvalue weighted by atomic mass is 16.7. The normalized spacial score (nSPS) is 23.2. The number of aryl methyl sites for hydroxylation is 2. The van der Waals surface area contributed by atoms with Crippen LogP contribution in [0.2, 0.25) is 0 Å². The molecule has 2 fully saturated rings. The third kappa shape index (κ3) is 10.6. The molecule has 0 spiro atoms. The molecule has 0 amide bonds. The van der Waals surface area contributed by atoms with Gasteiger partial charge in [0.05, 0.1) is 42.1 Å². The highest BCUT2D eigenvalue weighted by Crippen LogP contribution is 2.37. The molecule has 14 heteroatoms. The molecule has 2 aromatic carbocycles. The molecule has 8 N–H and O–H groups in total. The highest BCUT2D eigenvalue weighted by molar-refractivity contribution is 5.94. The molecule has 4 aliphatic heterocycles. The van der Waals surface area contributed by atoms with Crippen LogP contribution in [0.15, 0.2) is 72.8 Å². The molecular formula is C55H64N4O10. The number of fused-ring (bicyclic) bond motifs is 8. The second kappa shape index (κ2) is 22.0. The van der Waals surface area contributed by atoms with Crippen LogP contribution in [0.4, 0.5) is 0 Å². The summed E-state index contributed by atoms with van der Waals surface area (Å²) >= 11 is 0. The molecule has 14 nitrogen and oxygen atoms in total. The van der Waals surface area contributed by atoms with Crippen LogP contribution in [0.5, 0.6) is 11.5 Å². The van der Waals surface area contributed by atoms with Gasteiger partial charge in [0, 0.05) is 50.7 Å². The van der Waals surface area contributed by atoms with Crippen LogP contribution < -0.4 is 9.47 Å². The van der Waals surface area contributed by atoms with E-state index in [4.69, 9.17) is 28.9 Å². The Balaban J connectivity index is 1.19. The molecule has 69 heavy (non-hydrogen) atoms. The molecule has 0 aliphatic carbocycles. The lowest BCUT2D eigenvalue weighted by Gasteiger charge is -2.39. The van der Waals surface area contributed by atoms with Gasteiger partial charge in [-0.15, -0.1) is 0 Å². The molecular weight excluding hydrogens is 877 g/mol. The van der Waals surface area contributed by atoms with Crippen molar-refractivity contribution >= 4 is 46.4 Å². The fourth-order valence-corrected chi connectivity index (χ4v) is 9.69. The summed E-state index contributed by atoms with van der Waals surface area (Å²) in [6.45, 7) is 3.69. The van der Waals surface area contributed by atoms with E-state index >= 15 is 0 Å². The summed E-state index contributed by atoms with van der Waals surface area (Å²) in [5.41, 5.74) is 12.8. The Morgan fingerprint density at radius 1 is 0.522 bits per heavy atom. The molecule has 8 bridgehead atoms. The maximum absolute atomic E-state index is 10.7. The summed E-state index contributed by atoms with van der Waals surface area (Å²) in [5, 5.41) is 61.2. The van der Waals surface area contributed by atoms with Gasteiger partial charge in [-0.2, -0.15) is 0 Å². The number of aliphatic hydroxyl groups excluding tert-OH is 6. The van der Waals surface area contributed by atoms with E-state index in [9.17, 15) is 30.6 Å². The van der Waals surface area contributed by atoms with Gasteiger partial charge in [0.15, 0.2) is 0 Å². The number of aromatic amines is 2. The average molecular weight is 941 g/mol. The first kappa shape index (κ1) is 48.3. The van der Waals surface area contributed by atoms with Gasteiger partial charge in [0.25, 0.3) is 0 Å². The van der Waals surface area contributed by atoms with Crippen molar-refractivity contribution in [1.82, 2.24) is 19.9 Å². The lowest BCUT2D eigenvalue weighted by atomic mass is 9.99. The Morgan fingerprint density at radius 3 is 1.46 bits per heavy atom. The minimum Gasteiger partial charge on any atom is -0.462 e. The third-order valence-electron chi connectivity index (χ3n) is 13.5. The SMILES string of the molecule is CCCCCCc1c2nc(c(-c3ccc(OC4O[C@H](CO)C[C@H]4O)cc3)c3ccc([nH]3)c(CCCCCC)c3nc(c(-c4ccc(OC5OC(CO)C(O)C(O)C5O)cc4)c4ccc1[nH]4)C=C3)C=C2. The van der Waals surface area contributed by atoms with E-state index in [1.807, 2.05) is 36.4 Å². The molecule has 2 saturated heterocycles. The van der Waals surface area contributed by atoms with Gasteiger partial charge in [0.1, 0.15) is 42.0 Å². The van der Waals surface area contributed by atoms with Crippen LogP contribution in [-0.4, -0.2) is 113 Å². The Bertz CT molecular complexity index is 2770. The maximum Gasteiger partial charge on any atom is 0.229 e. The summed E-state index contributed by atoms with van der Waals surface area (Å²) < 4.78 is 23.4. The van der Waals surface area contributed by atoms with Crippen LogP contribution in [0, 0.1) is 0 Å². The molecule has 7 heterocycles. The van der Waals surface area contributed by atoms with E-state index in [0.29, 0.717) is 17.9 Å². The number of H-pyrrole nitrogens is 2. The Labute approximate surface area is 402 Å². The first-order valence-corrected chi connectivity index (χ1v) is 24.6. The zero-order valence-corrected chi connectivity index (χ0v) is 39.3. The molecule has 3 aromatic heterocycles. The largest absolute Gasteiger partial charge is 0.462 e. The molecule has 364 valence electrons. The summed E-state index contributed by atoms with van der Waals surface area (Å²) in [4.78, 5) is 18.4. The number of nitrogens with one attached hydrogen (secondary N) is 2. The number of hydrogen-bond donors (Lipinski definition) is 8. The number of benzene rings is 2. The predicted octanol–water partition coefficient (Wildman–Crippen LogP) is 8.26. The molecule has 4 aliphatic rings. The number of ether oxygens (including phenoxy) is 4. The standard InChI is InChI=1S/C55H64N4O10/c1-3-5-7-9-11-37-39-21-25-43(56-39)49(32-13-17-34(18-14-32)66-54-47(62)29-36(30-60)68-54)44-26-22-40(57-44)38(12-10-8-6-4-2)42-24-28-46(59-42)50(45-27-23-41(37)58-45)33-15-19-35(20-16-33)67-55-53(65)52(64)51(63)48(31-61)69-55/h13-28,36,47-48,51-56,59-65H,3-12,29-31H2,1-2H3/t36-,47+,48?,51?,52?,53?,54?,55?/m0/s1. The second-order valence-electron chi connectivity index (χ2n) is 18.4. The van der Waals surface area contributed by atoms with Crippen LogP contribution in [0.25, 0.3) is 68.6 Å². The smallest absolute Gasteiger partial charge is 0.229 e. The quantitative estimate of drug-likeness (QED) is 0.0382. The van der Waals surface area contributed by atoms with Gasteiger partial charge in [0.2, 0.25) is 12.6 Å². The molecule has 9 rings (SSSR count).